The molecule has 18 heavy (non-hydrogen) atoms. The molecule has 2 saturated heterocycles. The van der Waals surface area contributed by atoms with Crippen molar-refractivity contribution in [1.82, 2.24) is 4.90 Å². The average molecular weight is 306 g/mol. The lowest BCUT2D eigenvalue weighted by Gasteiger charge is -2.39. The summed E-state index contributed by atoms with van der Waals surface area (Å²) < 4.78 is 0.991. The summed E-state index contributed by atoms with van der Waals surface area (Å²) in [7, 11) is 0. The van der Waals surface area contributed by atoms with E-state index in [0.717, 1.165) is 29.7 Å². The van der Waals surface area contributed by atoms with E-state index in [2.05, 4.69) is 37.9 Å². The maximum atomic E-state index is 9.04. The van der Waals surface area contributed by atoms with Crippen LogP contribution in [0.15, 0.2) is 22.7 Å². The summed E-state index contributed by atoms with van der Waals surface area (Å²) in [5.74, 6) is 0. The van der Waals surface area contributed by atoms with Crippen LogP contribution in [-0.2, 0) is 0 Å². The van der Waals surface area contributed by atoms with Crippen molar-refractivity contribution in [3.63, 3.8) is 0 Å². The van der Waals surface area contributed by atoms with Crippen LogP contribution in [0.25, 0.3) is 0 Å². The largest absolute Gasteiger partial charge is 0.369 e. The number of hydrogen-bond donors (Lipinski definition) is 0. The Labute approximate surface area is 116 Å². The van der Waals surface area contributed by atoms with E-state index in [4.69, 9.17) is 5.26 Å². The lowest BCUT2D eigenvalue weighted by Crippen LogP contribution is -2.50. The van der Waals surface area contributed by atoms with Crippen molar-refractivity contribution < 1.29 is 0 Å². The average Bonchev–Trinajstić information content (AvgIpc) is 2.85. The van der Waals surface area contributed by atoms with Gasteiger partial charge in [-0.1, -0.05) is 15.9 Å². The monoisotopic (exact) mass is 305 g/mol. The zero-order valence-corrected chi connectivity index (χ0v) is 11.9. The van der Waals surface area contributed by atoms with Gasteiger partial charge in [-0.05, 0) is 37.6 Å². The van der Waals surface area contributed by atoms with E-state index in [9.17, 15) is 0 Å². The highest BCUT2D eigenvalue weighted by molar-refractivity contribution is 9.10. The van der Waals surface area contributed by atoms with Crippen LogP contribution in [-0.4, -0.2) is 37.1 Å². The van der Waals surface area contributed by atoms with Crippen LogP contribution in [0.1, 0.15) is 18.4 Å². The maximum Gasteiger partial charge on any atom is 0.0992 e. The van der Waals surface area contributed by atoms with Crippen LogP contribution in [0, 0.1) is 11.3 Å². The number of nitriles is 1. The molecule has 0 bridgehead atoms. The minimum atomic E-state index is 0.711. The molecule has 1 aromatic rings. The normalized spacial score (nSPS) is 23.8. The Balaban J connectivity index is 1.82. The first kappa shape index (κ1) is 12.0. The number of benzene rings is 1. The first-order valence-electron chi connectivity index (χ1n) is 6.46. The van der Waals surface area contributed by atoms with E-state index in [1.807, 2.05) is 12.1 Å². The van der Waals surface area contributed by atoms with Crippen molar-refractivity contribution in [2.45, 2.75) is 18.9 Å². The lowest BCUT2D eigenvalue weighted by atomic mass is 10.1. The van der Waals surface area contributed by atoms with Gasteiger partial charge in [-0.15, -0.1) is 0 Å². The topological polar surface area (TPSA) is 30.3 Å². The summed E-state index contributed by atoms with van der Waals surface area (Å²) in [5.41, 5.74) is 1.90. The van der Waals surface area contributed by atoms with Gasteiger partial charge in [-0.3, -0.25) is 4.90 Å². The Morgan fingerprint density at radius 3 is 2.94 bits per heavy atom. The standard InChI is InChI=1S/C14H16BrN3/c15-12-6-11(9-16)7-14(8-12)18-5-4-17-3-1-2-13(17)10-18/h6-8,13H,1-5,10H2. The summed E-state index contributed by atoms with van der Waals surface area (Å²) >= 11 is 3.49. The molecule has 0 aromatic heterocycles. The predicted octanol–water partition coefficient (Wildman–Crippen LogP) is 2.61. The number of fused-ring (bicyclic) bond motifs is 1. The summed E-state index contributed by atoms with van der Waals surface area (Å²) in [6.07, 6.45) is 2.65. The Bertz CT molecular complexity index is 494. The van der Waals surface area contributed by atoms with E-state index in [1.165, 1.54) is 25.1 Å². The molecule has 0 radical (unpaired) electrons. The number of halogens is 1. The second kappa shape index (κ2) is 4.91. The summed E-state index contributed by atoms with van der Waals surface area (Å²) in [4.78, 5) is 5.01. The predicted molar refractivity (Wildman–Crippen MR) is 75.7 cm³/mol. The van der Waals surface area contributed by atoms with E-state index in [0.29, 0.717) is 6.04 Å². The molecule has 0 spiro atoms. The number of anilines is 1. The Morgan fingerprint density at radius 1 is 1.22 bits per heavy atom. The van der Waals surface area contributed by atoms with Crippen LogP contribution >= 0.6 is 15.9 Å². The number of nitrogens with zero attached hydrogens (tertiary/aromatic N) is 3. The molecule has 2 aliphatic rings. The lowest BCUT2D eigenvalue weighted by molar-refractivity contribution is 0.231. The zero-order valence-electron chi connectivity index (χ0n) is 10.3. The molecule has 2 heterocycles. The van der Waals surface area contributed by atoms with E-state index >= 15 is 0 Å². The van der Waals surface area contributed by atoms with Gasteiger partial charge < -0.3 is 4.90 Å². The van der Waals surface area contributed by atoms with Gasteiger partial charge >= 0.3 is 0 Å². The molecule has 1 atom stereocenters. The SMILES string of the molecule is N#Cc1cc(Br)cc(N2CCN3CCCC3C2)c1. The van der Waals surface area contributed by atoms with Crippen molar-refractivity contribution in [2.75, 3.05) is 31.1 Å². The molecular weight excluding hydrogens is 290 g/mol. The molecule has 0 saturated carbocycles. The van der Waals surface area contributed by atoms with Crippen LogP contribution in [0.3, 0.4) is 0 Å². The number of rotatable bonds is 1. The Morgan fingerprint density at radius 2 is 2.11 bits per heavy atom. The molecule has 3 rings (SSSR count). The highest BCUT2D eigenvalue weighted by Gasteiger charge is 2.30. The van der Waals surface area contributed by atoms with Crippen molar-refractivity contribution in [3.05, 3.63) is 28.2 Å². The van der Waals surface area contributed by atoms with Crippen LogP contribution in [0.5, 0.6) is 0 Å². The first-order chi connectivity index (χ1) is 8.76. The number of hydrogen-bond acceptors (Lipinski definition) is 3. The Hall–Kier alpha value is -1.05. The molecule has 0 amide bonds. The van der Waals surface area contributed by atoms with Gasteiger partial charge in [0.15, 0.2) is 0 Å². The third-order valence-electron chi connectivity index (χ3n) is 3.96. The Kier molecular flexibility index (Phi) is 3.27. The summed E-state index contributed by atoms with van der Waals surface area (Å²) in [5, 5.41) is 9.04. The first-order valence-corrected chi connectivity index (χ1v) is 7.25. The molecule has 94 valence electrons. The van der Waals surface area contributed by atoms with Crippen molar-refractivity contribution in [1.29, 1.82) is 5.26 Å². The van der Waals surface area contributed by atoms with Gasteiger partial charge in [0.25, 0.3) is 0 Å². The summed E-state index contributed by atoms with van der Waals surface area (Å²) in [6.45, 7) is 4.58. The van der Waals surface area contributed by atoms with E-state index in [1.54, 1.807) is 0 Å². The van der Waals surface area contributed by atoms with Gasteiger partial charge in [0.2, 0.25) is 0 Å². The van der Waals surface area contributed by atoms with Gasteiger partial charge in [0.1, 0.15) is 0 Å². The van der Waals surface area contributed by atoms with E-state index in [-0.39, 0.29) is 0 Å². The second-order valence-corrected chi connectivity index (χ2v) is 6.00. The second-order valence-electron chi connectivity index (χ2n) is 5.09. The molecular formula is C14H16BrN3. The van der Waals surface area contributed by atoms with Crippen LogP contribution in [0.4, 0.5) is 5.69 Å². The molecule has 0 aliphatic carbocycles. The van der Waals surface area contributed by atoms with Gasteiger partial charge in [0, 0.05) is 35.8 Å². The van der Waals surface area contributed by atoms with Gasteiger partial charge in [-0.25, -0.2) is 0 Å². The molecule has 1 unspecified atom stereocenters. The van der Waals surface area contributed by atoms with Crippen molar-refractivity contribution in [3.8, 4) is 6.07 Å². The fourth-order valence-corrected chi connectivity index (χ4v) is 3.53. The molecule has 1 aromatic carbocycles. The van der Waals surface area contributed by atoms with Crippen molar-refractivity contribution >= 4 is 21.6 Å². The molecule has 4 heteroatoms. The molecule has 3 nitrogen and oxygen atoms in total. The zero-order chi connectivity index (χ0) is 12.5. The minimum Gasteiger partial charge on any atom is -0.369 e. The molecule has 2 fully saturated rings. The summed E-state index contributed by atoms with van der Waals surface area (Å²) in [6, 6.07) is 8.92. The third kappa shape index (κ3) is 2.25. The van der Waals surface area contributed by atoms with Crippen LogP contribution in [0.2, 0.25) is 0 Å². The third-order valence-corrected chi connectivity index (χ3v) is 4.42. The fraction of sp³-hybridized carbons (Fsp3) is 0.500. The minimum absolute atomic E-state index is 0.711. The highest BCUT2D eigenvalue weighted by Crippen LogP contribution is 2.28. The van der Waals surface area contributed by atoms with Gasteiger partial charge in [-0.2, -0.15) is 5.26 Å². The quantitative estimate of drug-likeness (QED) is 0.799. The van der Waals surface area contributed by atoms with Crippen molar-refractivity contribution in [2.24, 2.45) is 0 Å². The smallest absolute Gasteiger partial charge is 0.0992 e. The highest BCUT2D eigenvalue weighted by atomic mass is 79.9. The van der Waals surface area contributed by atoms with Crippen LogP contribution < -0.4 is 4.90 Å². The fourth-order valence-electron chi connectivity index (χ4n) is 3.05. The maximum absolute atomic E-state index is 9.04. The molecule has 2 aliphatic heterocycles. The van der Waals surface area contributed by atoms with Gasteiger partial charge in [0.05, 0.1) is 11.6 Å². The van der Waals surface area contributed by atoms with E-state index < -0.39 is 0 Å². The number of piperazine rings is 1. The molecule has 0 N–H and O–H groups in total.